The fraction of sp³-hybridized carbons (Fsp3) is 0.188. The topological polar surface area (TPSA) is 23.8 Å². The summed E-state index contributed by atoms with van der Waals surface area (Å²) in [7, 11) is 0. The monoisotopic (exact) mass is 253 g/mol. The van der Waals surface area contributed by atoms with Crippen LogP contribution in [-0.4, -0.2) is 0 Å². The molecule has 0 aliphatic heterocycles. The number of rotatable bonds is 4. The lowest BCUT2D eigenvalue weighted by Gasteiger charge is -2.14. The number of nitrogens with zero attached hydrogens (tertiary/aromatic N) is 1. The van der Waals surface area contributed by atoms with Crippen LogP contribution in [0.1, 0.15) is 29.7 Å². The summed E-state index contributed by atoms with van der Waals surface area (Å²) in [6.07, 6.45) is 1.09. The number of benzene rings is 2. The van der Waals surface area contributed by atoms with E-state index in [1.165, 1.54) is 10.5 Å². The number of nitriles is 1. The zero-order valence-electron chi connectivity index (χ0n) is 10.3. The fourth-order valence-electron chi connectivity index (χ4n) is 1.83. The highest BCUT2D eigenvalue weighted by atomic mass is 32.2. The first-order valence-electron chi connectivity index (χ1n) is 6.05. The molecule has 18 heavy (non-hydrogen) atoms. The van der Waals surface area contributed by atoms with Crippen LogP contribution in [0, 0.1) is 11.3 Å². The lowest BCUT2D eigenvalue weighted by molar-refractivity contribution is 0.895. The van der Waals surface area contributed by atoms with Crippen molar-refractivity contribution in [3.8, 4) is 6.07 Å². The van der Waals surface area contributed by atoms with Gasteiger partial charge >= 0.3 is 0 Å². The summed E-state index contributed by atoms with van der Waals surface area (Å²) >= 11 is 1.85. The summed E-state index contributed by atoms with van der Waals surface area (Å²) in [5.74, 6) is 0. The summed E-state index contributed by atoms with van der Waals surface area (Å²) in [5, 5.41) is 9.25. The first-order valence-corrected chi connectivity index (χ1v) is 6.93. The van der Waals surface area contributed by atoms with E-state index in [1.807, 2.05) is 42.1 Å². The predicted octanol–water partition coefficient (Wildman–Crippen LogP) is 4.80. The van der Waals surface area contributed by atoms with E-state index in [1.54, 1.807) is 0 Å². The Morgan fingerprint density at radius 3 is 2.28 bits per heavy atom. The van der Waals surface area contributed by atoms with Crippen LogP contribution in [0.3, 0.4) is 0 Å². The van der Waals surface area contributed by atoms with Gasteiger partial charge in [0.25, 0.3) is 0 Å². The van der Waals surface area contributed by atoms with Gasteiger partial charge in [-0.3, -0.25) is 0 Å². The SMILES string of the molecule is CCC(Sc1ccc(C#N)cc1)c1ccccc1. The van der Waals surface area contributed by atoms with Gasteiger partial charge in [0, 0.05) is 10.1 Å². The zero-order valence-corrected chi connectivity index (χ0v) is 11.2. The van der Waals surface area contributed by atoms with Gasteiger partial charge in [-0.25, -0.2) is 0 Å². The van der Waals surface area contributed by atoms with Crippen LogP contribution in [0.15, 0.2) is 59.5 Å². The molecule has 2 aromatic rings. The summed E-state index contributed by atoms with van der Waals surface area (Å²) in [5.41, 5.74) is 2.07. The molecule has 0 amide bonds. The maximum Gasteiger partial charge on any atom is 0.0991 e. The zero-order chi connectivity index (χ0) is 12.8. The highest BCUT2D eigenvalue weighted by molar-refractivity contribution is 7.99. The van der Waals surface area contributed by atoms with E-state index in [0.717, 1.165) is 6.42 Å². The fourth-order valence-corrected chi connectivity index (χ4v) is 2.91. The molecule has 0 fully saturated rings. The van der Waals surface area contributed by atoms with Crippen LogP contribution >= 0.6 is 11.8 Å². The van der Waals surface area contributed by atoms with Crippen molar-refractivity contribution in [1.82, 2.24) is 0 Å². The van der Waals surface area contributed by atoms with Crippen molar-refractivity contribution in [1.29, 1.82) is 5.26 Å². The van der Waals surface area contributed by atoms with Crippen molar-refractivity contribution in [3.05, 3.63) is 65.7 Å². The Bertz CT molecular complexity index is 525. The maximum absolute atomic E-state index is 8.78. The minimum Gasteiger partial charge on any atom is -0.192 e. The van der Waals surface area contributed by atoms with Gasteiger partial charge in [-0.1, -0.05) is 37.3 Å². The van der Waals surface area contributed by atoms with Gasteiger partial charge < -0.3 is 0 Å². The molecular formula is C16H15NS. The van der Waals surface area contributed by atoms with E-state index in [4.69, 9.17) is 5.26 Å². The second kappa shape index (κ2) is 6.28. The Labute approximate surface area is 112 Å². The minimum atomic E-state index is 0.471. The molecule has 0 saturated heterocycles. The lowest BCUT2D eigenvalue weighted by Crippen LogP contribution is -1.91. The Balaban J connectivity index is 2.13. The third kappa shape index (κ3) is 3.15. The molecule has 0 spiro atoms. The van der Waals surface area contributed by atoms with Crippen LogP contribution in [0.5, 0.6) is 0 Å². The van der Waals surface area contributed by atoms with Crippen molar-refractivity contribution in [2.24, 2.45) is 0 Å². The molecule has 1 atom stereocenters. The average molecular weight is 253 g/mol. The second-order valence-corrected chi connectivity index (χ2v) is 5.34. The van der Waals surface area contributed by atoms with Gasteiger partial charge in [0.1, 0.15) is 0 Å². The van der Waals surface area contributed by atoms with Crippen LogP contribution < -0.4 is 0 Å². The van der Waals surface area contributed by atoms with Gasteiger partial charge in [-0.2, -0.15) is 5.26 Å². The average Bonchev–Trinajstić information content (AvgIpc) is 2.46. The Morgan fingerprint density at radius 2 is 1.72 bits per heavy atom. The number of thioether (sulfide) groups is 1. The normalized spacial score (nSPS) is 11.8. The molecule has 90 valence electrons. The van der Waals surface area contributed by atoms with Crippen molar-refractivity contribution in [2.45, 2.75) is 23.5 Å². The molecule has 0 N–H and O–H groups in total. The lowest BCUT2D eigenvalue weighted by atomic mass is 10.1. The summed E-state index contributed by atoms with van der Waals surface area (Å²) in [6, 6.07) is 20.5. The first-order chi connectivity index (χ1) is 8.83. The summed E-state index contributed by atoms with van der Waals surface area (Å²) < 4.78 is 0. The standard InChI is InChI=1S/C16H15NS/c1-2-16(14-6-4-3-5-7-14)18-15-10-8-13(12-17)9-11-15/h3-11,16H,2H2,1H3. The summed E-state index contributed by atoms with van der Waals surface area (Å²) in [6.45, 7) is 2.20. The Kier molecular flexibility index (Phi) is 4.44. The molecule has 0 heterocycles. The Hall–Kier alpha value is -1.72. The minimum absolute atomic E-state index is 0.471. The van der Waals surface area contributed by atoms with Gasteiger partial charge in [0.05, 0.1) is 11.6 Å². The van der Waals surface area contributed by atoms with Gasteiger partial charge in [0.15, 0.2) is 0 Å². The van der Waals surface area contributed by atoms with Gasteiger partial charge in [0.2, 0.25) is 0 Å². The van der Waals surface area contributed by atoms with Crippen LogP contribution in [0.25, 0.3) is 0 Å². The molecule has 0 aliphatic carbocycles. The van der Waals surface area contributed by atoms with Crippen LogP contribution in [0.2, 0.25) is 0 Å². The molecule has 2 heteroatoms. The van der Waals surface area contributed by atoms with Crippen molar-refractivity contribution >= 4 is 11.8 Å². The van der Waals surface area contributed by atoms with Gasteiger partial charge in [-0.05, 0) is 36.2 Å². The molecule has 0 aromatic heterocycles. The molecule has 0 radical (unpaired) electrons. The van der Waals surface area contributed by atoms with Crippen molar-refractivity contribution < 1.29 is 0 Å². The first kappa shape index (κ1) is 12.7. The van der Waals surface area contributed by atoms with Crippen molar-refractivity contribution in [3.63, 3.8) is 0 Å². The van der Waals surface area contributed by atoms with E-state index < -0.39 is 0 Å². The second-order valence-electron chi connectivity index (χ2n) is 4.06. The molecule has 2 aromatic carbocycles. The molecule has 1 nitrogen and oxygen atoms in total. The quantitative estimate of drug-likeness (QED) is 0.731. The van der Waals surface area contributed by atoms with E-state index in [0.29, 0.717) is 10.8 Å². The molecule has 2 rings (SSSR count). The summed E-state index contributed by atoms with van der Waals surface area (Å²) in [4.78, 5) is 1.21. The smallest absolute Gasteiger partial charge is 0.0991 e. The van der Waals surface area contributed by atoms with E-state index >= 15 is 0 Å². The highest BCUT2D eigenvalue weighted by Gasteiger charge is 2.10. The molecule has 0 bridgehead atoms. The van der Waals surface area contributed by atoms with Crippen LogP contribution in [0.4, 0.5) is 0 Å². The molecule has 1 unspecified atom stereocenters. The number of hydrogen-bond acceptors (Lipinski definition) is 2. The van der Waals surface area contributed by atoms with E-state index in [-0.39, 0.29) is 0 Å². The van der Waals surface area contributed by atoms with Gasteiger partial charge in [-0.15, -0.1) is 11.8 Å². The largest absolute Gasteiger partial charge is 0.192 e. The third-order valence-electron chi connectivity index (χ3n) is 2.80. The van der Waals surface area contributed by atoms with Crippen LogP contribution in [-0.2, 0) is 0 Å². The molecular weight excluding hydrogens is 238 g/mol. The molecule has 0 aliphatic rings. The van der Waals surface area contributed by atoms with Crippen molar-refractivity contribution in [2.75, 3.05) is 0 Å². The van der Waals surface area contributed by atoms with E-state index in [9.17, 15) is 0 Å². The maximum atomic E-state index is 8.78. The third-order valence-corrected chi connectivity index (χ3v) is 4.24. The highest BCUT2D eigenvalue weighted by Crippen LogP contribution is 2.37. The van der Waals surface area contributed by atoms with E-state index in [2.05, 4.69) is 37.3 Å². The number of hydrogen-bond donors (Lipinski definition) is 0. The molecule has 0 saturated carbocycles. The predicted molar refractivity (Wildman–Crippen MR) is 76.5 cm³/mol. The Morgan fingerprint density at radius 1 is 1.06 bits per heavy atom.